The Morgan fingerprint density at radius 3 is 2.79 bits per heavy atom. The van der Waals surface area contributed by atoms with Crippen molar-refractivity contribution in [1.29, 1.82) is 0 Å². The molecule has 1 aromatic rings. The van der Waals surface area contributed by atoms with Crippen LogP contribution in [0.25, 0.3) is 0 Å². The van der Waals surface area contributed by atoms with Crippen LogP contribution in [0.15, 0.2) is 24.3 Å². The van der Waals surface area contributed by atoms with Crippen molar-refractivity contribution >= 4 is 17.4 Å². The molecule has 3 N–H and O–H groups in total. The molecule has 0 fully saturated rings. The third kappa shape index (κ3) is 2.16. The maximum atomic E-state index is 11.4. The Kier molecular flexibility index (Phi) is 3.34. The number of hydrogen-bond acceptors (Lipinski definition) is 2. The lowest BCUT2D eigenvalue weighted by Gasteiger charge is -2.20. The van der Waals surface area contributed by atoms with Gasteiger partial charge in [-0.3, -0.25) is 4.90 Å². The molecule has 4 heteroatoms. The van der Waals surface area contributed by atoms with Crippen LogP contribution in [0.1, 0.15) is 6.92 Å². The van der Waals surface area contributed by atoms with E-state index in [-0.39, 0.29) is 6.03 Å². The van der Waals surface area contributed by atoms with Crippen LogP contribution < -0.4 is 16.0 Å². The molecule has 2 amide bonds. The zero-order valence-electron chi connectivity index (χ0n) is 8.45. The standard InChI is InChI=1S/C10H15N3O/c1-3-13(10(14)12-2)9-6-4-5-8(11)7-9/h4-7H,3,11H2,1-2H3,(H,12,14). The third-order valence-corrected chi connectivity index (χ3v) is 1.96. The Morgan fingerprint density at radius 2 is 2.29 bits per heavy atom. The van der Waals surface area contributed by atoms with E-state index in [1.54, 1.807) is 24.1 Å². The fourth-order valence-corrected chi connectivity index (χ4v) is 1.27. The number of nitrogens with zero attached hydrogens (tertiary/aromatic N) is 1. The number of nitrogen functional groups attached to an aromatic ring is 1. The second kappa shape index (κ2) is 4.50. The first-order chi connectivity index (χ1) is 6.69. The molecule has 0 aliphatic heterocycles. The molecule has 1 aromatic carbocycles. The summed E-state index contributed by atoms with van der Waals surface area (Å²) in [7, 11) is 1.61. The minimum Gasteiger partial charge on any atom is -0.399 e. The van der Waals surface area contributed by atoms with Gasteiger partial charge in [0.15, 0.2) is 0 Å². The molecule has 0 heterocycles. The van der Waals surface area contributed by atoms with Gasteiger partial charge >= 0.3 is 6.03 Å². The topological polar surface area (TPSA) is 58.4 Å². The number of nitrogens with one attached hydrogen (secondary N) is 1. The van der Waals surface area contributed by atoms with Crippen molar-refractivity contribution in [3.8, 4) is 0 Å². The average molecular weight is 193 g/mol. The molecule has 14 heavy (non-hydrogen) atoms. The van der Waals surface area contributed by atoms with Crippen molar-refractivity contribution in [3.05, 3.63) is 24.3 Å². The molecule has 4 nitrogen and oxygen atoms in total. The molecule has 0 saturated heterocycles. The number of urea groups is 1. The van der Waals surface area contributed by atoms with E-state index in [2.05, 4.69) is 5.32 Å². The monoisotopic (exact) mass is 193 g/mol. The van der Waals surface area contributed by atoms with E-state index in [0.29, 0.717) is 12.2 Å². The lowest BCUT2D eigenvalue weighted by molar-refractivity contribution is 0.248. The number of nitrogens with two attached hydrogens (primary N) is 1. The van der Waals surface area contributed by atoms with E-state index in [4.69, 9.17) is 5.73 Å². The van der Waals surface area contributed by atoms with Crippen LogP contribution in [0.3, 0.4) is 0 Å². The number of benzene rings is 1. The van der Waals surface area contributed by atoms with Gasteiger partial charge in [0.05, 0.1) is 0 Å². The van der Waals surface area contributed by atoms with Crippen LogP contribution >= 0.6 is 0 Å². The van der Waals surface area contributed by atoms with Gasteiger partial charge in [-0.25, -0.2) is 4.79 Å². The smallest absolute Gasteiger partial charge is 0.321 e. The normalized spacial score (nSPS) is 9.57. The highest BCUT2D eigenvalue weighted by atomic mass is 16.2. The molecule has 0 radical (unpaired) electrons. The van der Waals surface area contributed by atoms with Crippen molar-refractivity contribution in [2.75, 3.05) is 24.2 Å². The van der Waals surface area contributed by atoms with Crippen LogP contribution in [-0.4, -0.2) is 19.6 Å². The zero-order valence-corrected chi connectivity index (χ0v) is 8.45. The van der Waals surface area contributed by atoms with Crippen molar-refractivity contribution in [2.45, 2.75) is 6.92 Å². The van der Waals surface area contributed by atoms with Crippen LogP contribution in [0.2, 0.25) is 0 Å². The predicted molar refractivity (Wildman–Crippen MR) is 58.3 cm³/mol. The number of rotatable bonds is 2. The maximum Gasteiger partial charge on any atom is 0.321 e. The molecule has 0 aliphatic carbocycles. The van der Waals surface area contributed by atoms with Crippen LogP contribution in [0.4, 0.5) is 16.2 Å². The number of carbonyl (C=O) groups is 1. The summed E-state index contributed by atoms with van der Waals surface area (Å²) in [6, 6.07) is 7.13. The van der Waals surface area contributed by atoms with E-state index in [9.17, 15) is 4.79 Å². The highest BCUT2D eigenvalue weighted by Gasteiger charge is 2.11. The molecule has 76 valence electrons. The quantitative estimate of drug-likeness (QED) is 0.698. The van der Waals surface area contributed by atoms with Crippen molar-refractivity contribution in [1.82, 2.24) is 5.32 Å². The van der Waals surface area contributed by atoms with Gasteiger partial charge in [-0.2, -0.15) is 0 Å². The molecule has 0 spiro atoms. The van der Waals surface area contributed by atoms with Crippen LogP contribution in [0, 0.1) is 0 Å². The Hall–Kier alpha value is -1.71. The maximum absolute atomic E-state index is 11.4. The lowest BCUT2D eigenvalue weighted by Crippen LogP contribution is -2.37. The molecule has 0 bridgehead atoms. The highest BCUT2D eigenvalue weighted by molar-refractivity contribution is 5.92. The summed E-state index contributed by atoms with van der Waals surface area (Å²) >= 11 is 0. The summed E-state index contributed by atoms with van der Waals surface area (Å²) < 4.78 is 0. The van der Waals surface area contributed by atoms with Gasteiger partial charge in [0.25, 0.3) is 0 Å². The van der Waals surface area contributed by atoms with Gasteiger partial charge in [0, 0.05) is 25.0 Å². The molecule has 0 unspecified atom stereocenters. The Bertz CT molecular complexity index is 325. The first-order valence-corrected chi connectivity index (χ1v) is 4.53. The van der Waals surface area contributed by atoms with Gasteiger partial charge in [0.2, 0.25) is 0 Å². The van der Waals surface area contributed by atoms with E-state index in [1.165, 1.54) is 0 Å². The number of carbonyl (C=O) groups excluding carboxylic acids is 1. The van der Waals surface area contributed by atoms with E-state index in [0.717, 1.165) is 5.69 Å². The SMILES string of the molecule is CCN(C(=O)NC)c1cccc(N)c1. The van der Waals surface area contributed by atoms with Gasteiger partial charge in [-0.15, -0.1) is 0 Å². The zero-order chi connectivity index (χ0) is 10.6. The Morgan fingerprint density at radius 1 is 1.57 bits per heavy atom. The Labute approximate surface area is 83.7 Å². The minimum atomic E-state index is -0.127. The van der Waals surface area contributed by atoms with Gasteiger partial charge in [0.1, 0.15) is 0 Å². The summed E-state index contributed by atoms with van der Waals surface area (Å²) in [5.41, 5.74) is 7.10. The van der Waals surface area contributed by atoms with Crippen molar-refractivity contribution in [3.63, 3.8) is 0 Å². The van der Waals surface area contributed by atoms with E-state index < -0.39 is 0 Å². The molecule has 0 saturated carbocycles. The Balaban J connectivity index is 2.94. The first kappa shape index (κ1) is 10.4. The summed E-state index contributed by atoms with van der Waals surface area (Å²) in [5, 5.41) is 2.58. The average Bonchev–Trinajstić information content (AvgIpc) is 2.19. The molecule has 0 aromatic heterocycles. The summed E-state index contributed by atoms with van der Waals surface area (Å²) in [4.78, 5) is 13.1. The molecular weight excluding hydrogens is 178 g/mol. The van der Waals surface area contributed by atoms with Gasteiger partial charge in [-0.1, -0.05) is 6.07 Å². The van der Waals surface area contributed by atoms with Gasteiger partial charge < -0.3 is 11.1 Å². The molecule has 1 rings (SSSR count). The second-order valence-corrected chi connectivity index (χ2v) is 2.89. The van der Waals surface area contributed by atoms with Crippen LogP contribution in [0.5, 0.6) is 0 Å². The number of hydrogen-bond donors (Lipinski definition) is 2. The summed E-state index contributed by atoms with van der Waals surface area (Å²) in [5.74, 6) is 0. The van der Waals surface area contributed by atoms with Gasteiger partial charge in [-0.05, 0) is 25.1 Å². The van der Waals surface area contributed by atoms with E-state index in [1.807, 2.05) is 19.1 Å². The summed E-state index contributed by atoms with van der Waals surface area (Å²) in [6.07, 6.45) is 0. The van der Waals surface area contributed by atoms with E-state index >= 15 is 0 Å². The van der Waals surface area contributed by atoms with Crippen molar-refractivity contribution < 1.29 is 4.79 Å². The molecular formula is C10H15N3O. The number of amides is 2. The fraction of sp³-hybridized carbons (Fsp3) is 0.300. The largest absolute Gasteiger partial charge is 0.399 e. The second-order valence-electron chi connectivity index (χ2n) is 2.89. The molecule has 0 aliphatic rings. The predicted octanol–water partition coefficient (Wildman–Crippen LogP) is 1.43. The number of anilines is 2. The fourth-order valence-electron chi connectivity index (χ4n) is 1.27. The third-order valence-electron chi connectivity index (χ3n) is 1.96. The molecule has 0 atom stereocenters. The lowest BCUT2D eigenvalue weighted by atomic mass is 10.2. The van der Waals surface area contributed by atoms with Crippen LogP contribution in [-0.2, 0) is 0 Å². The first-order valence-electron chi connectivity index (χ1n) is 4.53. The van der Waals surface area contributed by atoms with Crippen molar-refractivity contribution in [2.24, 2.45) is 0 Å². The highest BCUT2D eigenvalue weighted by Crippen LogP contribution is 2.17. The minimum absolute atomic E-state index is 0.127. The summed E-state index contributed by atoms with van der Waals surface area (Å²) in [6.45, 7) is 2.53.